The third kappa shape index (κ3) is 2.66. The van der Waals surface area contributed by atoms with E-state index in [-0.39, 0.29) is 11.1 Å². The van der Waals surface area contributed by atoms with Gasteiger partial charge in [-0.05, 0) is 31.0 Å². The third-order valence-corrected chi connectivity index (χ3v) is 4.84. The first-order chi connectivity index (χ1) is 11.0. The molecule has 1 heterocycles. The van der Waals surface area contributed by atoms with E-state index in [1.54, 1.807) is 0 Å². The number of benzene rings is 1. The molecule has 0 unspecified atom stereocenters. The first-order valence-electron chi connectivity index (χ1n) is 7.22. The molecule has 0 bridgehead atoms. The fraction of sp³-hybridized carbons (Fsp3) is 0.562. The van der Waals surface area contributed by atoms with Gasteiger partial charge in [-0.25, -0.2) is 13.6 Å². The van der Waals surface area contributed by atoms with Gasteiger partial charge in [0.05, 0.1) is 7.11 Å². The van der Waals surface area contributed by atoms with E-state index in [1.165, 1.54) is 19.9 Å². The average Bonchev–Trinajstić information content (AvgIpc) is 2.78. The molecule has 0 amide bonds. The Morgan fingerprint density at radius 1 is 1.29 bits per heavy atom. The van der Waals surface area contributed by atoms with Gasteiger partial charge >= 0.3 is 12.1 Å². The van der Waals surface area contributed by atoms with Crippen LogP contribution in [0.3, 0.4) is 0 Å². The van der Waals surface area contributed by atoms with Gasteiger partial charge in [0.2, 0.25) is 0 Å². The number of hydrogen-bond donors (Lipinski definition) is 0. The van der Waals surface area contributed by atoms with Crippen molar-refractivity contribution >= 4 is 5.97 Å². The van der Waals surface area contributed by atoms with E-state index < -0.39 is 47.3 Å². The predicted octanol–water partition coefficient (Wildman–Crippen LogP) is 3.89. The minimum absolute atomic E-state index is 0.0878. The summed E-state index contributed by atoms with van der Waals surface area (Å²) in [4.78, 5) is 11.9. The molecule has 1 fully saturated rings. The van der Waals surface area contributed by atoms with Gasteiger partial charge in [0.1, 0.15) is 0 Å². The standard InChI is InChI=1S/C16H17F5O3/c1-7-9(5-6-10(17)12(7)18)11-8(2)15(3,16(19,20)21)24-13(11)14(22)23-4/h5-6,8,11,13H,1-4H3/t8-,11+,13+,15+/m0/s1. The maximum absolute atomic E-state index is 13.9. The Hall–Kier alpha value is -1.70. The second-order valence-corrected chi connectivity index (χ2v) is 6.06. The van der Waals surface area contributed by atoms with Crippen molar-refractivity contribution < 1.29 is 36.2 Å². The summed E-state index contributed by atoms with van der Waals surface area (Å²) in [5.41, 5.74) is -2.69. The zero-order valence-corrected chi connectivity index (χ0v) is 13.5. The number of carbonyl (C=O) groups is 1. The average molecular weight is 352 g/mol. The number of esters is 1. The molecule has 0 radical (unpaired) electrons. The van der Waals surface area contributed by atoms with E-state index in [0.717, 1.165) is 20.1 Å². The summed E-state index contributed by atoms with van der Waals surface area (Å²) in [5.74, 6) is -5.62. The van der Waals surface area contributed by atoms with Gasteiger partial charge in [-0.3, -0.25) is 0 Å². The molecule has 1 aliphatic heterocycles. The number of alkyl halides is 3. The van der Waals surface area contributed by atoms with Crippen molar-refractivity contribution in [1.82, 2.24) is 0 Å². The van der Waals surface area contributed by atoms with E-state index in [4.69, 9.17) is 4.74 Å². The predicted molar refractivity (Wildman–Crippen MR) is 74.3 cm³/mol. The van der Waals surface area contributed by atoms with Crippen molar-refractivity contribution in [1.29, 1.82) is 0 Å². The molecule has 3 nitrogen and oxygen atoms in total. The second-order valence-electron chi connectivity index (χ2n) is 6.06. The zero-order valence-electron chi connectivity index (χ0n) is 13.5. The third-order valence-electron chi connectivity index (χ3n) is 4.84. The molecule has 1 aliphatic rings. The minimum Gasteiger partial charge on any atom is -0.467 e. The Morgan fingerprint density at radius 2 is 1.88 bits per heavy atom. The van der Waals surface area contributed by atoms with Crippen LogP contribution in [-0.2, 0) is 14.3 Å². The Balaban J connectivity index is 2.61. The van der Waals surface area contributed by atoms with Crippen LogP contribution in [0.4, 0.5) is 22.0 Å². The van der Waals surface area contributed by atoms with Crippen LogP contribution in [0.1, 0.15) is 30.9 Å². The highest BCUT2D eigenvalue weighted by Crippen LogP contribution is 2.53. The van der Waals surface area contributed by atoms with Crippen molar-refractivity contribution in [3.63, 3.8) is 0 Å². The van der Waals surface area contributed by atoms with Gasteiger partial charge < -0.3 is 9.47 Å². The van der Waals surface area contributed by atoms with Crippen LogP contribution >= 0.6 is 0 Å². The van der Waals surface area contributed by atoms with Crippen LogP contribution < -0.4 is 0 Å². The largest absolute Gasteiger partial charge is 0.467 e. The summed E-state index contributed by atoms with van der Waals surface area (Å²) >= 11 is 0. The zero-order chi connectivity index (χ0) is 18.4. The minimum atomic E-state index is -4.75. The molecule has 1 aromatic rings. The molecule has 134 valence electrons. The molecule has 2 rings (SSSR count). The van der Waals surface area contributed by atoms with Crippen molar-refractivity contribution in [2.75, 3.05) is 7.11 Å². The lowest BCUT2D eigenvalue weighted by Crippen LogP contribution is -2.47. The molecule has 0 spiro atoms. The lowest BCUT2D eigenvalue weighted by molar-refractivity contribution is -0.274. The maximum Gasteiger partial charge on any atom is 0.417 e. The van der Waals surface area contributed by atoms with Crippen LogP contribution in [0.5, 0.6) is 0 Å². The molecule has 0 aromatic heterocycles. The van der Waals surface area contributed by atoms with Crippen LogP contribution in [-0.4, -0.2) is 31.0 Å². The molecule has 1 saturated heterocycles. The summed E-state index contributed by atoms with van der Waals surface area (Å²) in [6, 6.07) is 2.00. The molecule has 0 N–H and O–H groups in total. The lowest BCUT2D eigenvalue weighted by atomic mass is 9.76. The number of carbonyl (C=O) groups excluding carboxylic acids is 1. The summed E-state index contributed by atoms with van der Waals surface area (Å²) in [6.07, 6.45) is -6.32. The fourth-order valence-corrected chi connectivity index (χ4v) is 3.15. The molecule has 24 heavy (non-hydrogen) atoms. The van der Waals surface area contributed by atoms with Gasteiger partial charge in [-0.15, -0.1) is 0 Å². The van der Waals surface area contributed by atoms with Crippen LogP contribution in [0.2, 0.25) is 0 Å². The van der Waals surface area contributed by atoms with Crippen molar-refractivity contribution in [2.45, 2.75) is 44.6 Å². The highest BCUT2D eigenvalue weighted by molar-refractivity contribution is 5.77. The van der Waals surface area contributed by atoms with Gasteiger partial charge in [0.25, 0.3) is 0 Å². The molecular weight excluding hydrogens is 335 g/mol. The van der Waals surface area contributed by atoms with Crippen molar-refractivity contribution in [3.05, 3.63) is 34.9 Å². The summed E-state index contributed by atoms with van der Waals surface area (Å²) < 4.78 is 77.1. The number of rotatable bonds is 2. The summed E-state index contributed by atoms with van der Waals surface area (Å²) in [5, 5.41) is 0. The van der Waals surface area contributed by atoms with Crippen LogP contribution in [0, 0.1) is 24.5 Å². The Morgan fingerprint density at radius 3 is 2.38 bits per heavy atom. The van der Waals surface area contributed by atoms with Crippen LogP contribution in [0.15, 0.2) is 12.1 Å². The summed E-state index contributed by atoms with van der Waals surface area (Å²) in [7, 11) is 1.02. The van der Waals surface area contributed by atoms with E-state index in [9.17, 15) is 26.7 Å². The highest BCUT2D eigenvalue weighted by Gasteiger charge is 2.65. The Kier molecular flexibility index (Phi) is 4.65. The number of methoxy groups -OCH3 is 1. The SMILES string of the molecule is COC(=O)[C@@H]1O[C@@](C)(C(F)(F)F)[C@@H](C)[C@@H]1c1ccc(F)c(F)c1C. The van der Waals surface area contributed by atoms with E-state index >= 15 is 0 Å². The van der Waals surface area contributed by atoms with E-state index in [1.807, 2.05) is 0 Å². The fourth-order valence-electron chi connectivity index (χ4n) is 3.15. The Labute approximate surface area is 135 Å². The van der Waals surface area contributed by atoms with E-state index in [0.29, 0.717) is 0 Å². The maximum atomic E-state index is 13.9. The monoisotopic (exact) mass is 352 g/mol. The lowest BCUT2D eigenvalue weighted by Gasteiger charge is -2.32. The quantitative estimate of drug-likeness (QED) is 0.598. The van der Waals surface area contributed by atoms with Gasteiger partial charge in [0.15, 0.2) is 23.3 Å². The molecule has 0 saturated carbocycles. The van der Waals surface area contributed by atoms with Crippen molar-refractivity contribution in [2.24, 2.45) is 5.92 Å². The Bertz CT molecular complexity index is 658. The van der Waals surface area contributed by atoms with Crippen LogP contribution in [0.25, 0.3) is 0 Å². The normalized spacial score (nSPS) is 30.5. The summed E-state index contributed by atoms with van der Waals surface area (Å²) in [6.45, 7) is 3.35. The molecule has 4 atom stereocenters. The molecule has 0 aliphatic carbocycles. The van der Waals surface area contributed by atoms with Gasteiger partial charge in [-0.2, -0.15) is 13.2 Å². The first kappa shape index (κ1) is 18.6. The molecule has 8 heteroatoms. The smallest absolute Gasteiger partial charge is 0.417 e. The second kappa shape index (κ2) is 5.98. The molecular formula is C16H17F5O3. The van der Waals surface area contributed by atoms with Crippen molar-refractivity contribution in [3.8, 4) is 0 Å². The van der Waals surface area contributed by atoms with Gasteiger partial charge in [-0.1, -0.05) is 13.0 Å². The number of hydrogen-bond acceptors (Lipinski definition) is 3. The van der Waals surface area contributed by atoms with E-state index in [2.05, 4.69) is 4.74 Å². The topological polar surface area (TPSA) is 35.5 Å². The first-order valence-corrected chi connectivity index (χ1v) is 7.22. The number of ether oxygens (including phenoxy) is 2. The highest BCUT2D eigenvalue weighted by atomic mass is 19.4. The van der Waals surface area contributed by atoms with Gasteiger partial charge in [0, 0.05) is 11.8 Å². The number of halogens is 5. The molecule has 1 aromatic carbocycles.